The maximum Gasteiger partial charge on any atom is 0.133 e. The van der Waals surface area contributed by atoms with E-state index in [2.05, 4.69) is 41.7 Å². The summed E-state index contributed by atoms with van der Waals surface area (Å²) in [6.07, 6.45) is -0.553. The van der Waals surface area contributed by atoms with Crippen LogP contribution < -0.4 is 9.64 Å². The second-order valence-corrected chi connectivity index (χ2v) is 8.07. The number of hydrogen-bond acceptors (Lipinski definition) is 4. The quantitative estimate of drug-likeness (QED) is 0.670. The van der Waals surface area contributed by atoms with E-state index in [4.69, 9.17) is 4.74 Å². The first kappa shape index (κ1) is 19.6. The Morgan fingerprint density at radius 3 is 2.38 bits per heavy atom. The zero-order valence-corrected chi connectivity index (χ0v) is 17.4. The number of nitrogens with zero attached hydrogens (tertiary/aromatic N) is 2. The van der Waals surface area contributed by atoms with E-state index in [0.29, 0.717) is 12.3 Å². The van der Waals surface area contributed by atoms with Gasteiger partial charge in [0.05, 0.1) is 4.47 Å². The van der Waals surface area contributed by atoms with Crippen LogP contribution in [-0.2, 0) is 0 Å². The second-order valence-electron chi connectivity index (χ2n) is 6.30. The molecule has 1 unspecified atom stereocenters. The van der Waals surface area contributed by atoms with Gasteiger partial charge in [0.2, 0.25) is 0 Å². The minimum atomic E-state index is -0.553. The summed E-state index contributed by atoms with van der Waals surface area (Å²) in [5.74, 6) is 0.501. The van der Waals surface area contributed by atoms with Crippen LogP contribution in [0.15, 0.2) is 51.4 Å². The van der Waals surface area contributed by atoms with E-state index in [1.54, 1.807) is 0 Å². The first-order valence-corrected chi connectivity index (χ1v) is 10.1. The molecule has 1 N–H and O–H groups in total. The number of aliphatic hydroxyl groups is 1. The molecule has 0 bridgehead atoms. The first-order chi connectivity index (χ1) is 12.5. The Labute approximate surface area is 169 Å². The van der Waals surface area contributed by atoms with Gasteiger partial charge in [-0.25, -0.2) is 4.39 Å². The Morgan fingerprint density at radius 1 is 1.04 bits per heavy atom. The van der Waals surface area contributed by atoms with Gasteiger partial charge in [-0.05, 0) is 58.4 Å². The minimum absolute atomic E-state index is 0.215. The van der Waals surface area contributed by atoms with Gasteiger partial charge < -0.3 is 14.7 Å². The Bertz CT molecular complexity index is 722. The van der Waals surface area contributed by atoms with Gasteiger partial charge in [-0.3, -0.25) is 4.90 Å². The lowest BCUT2D eigenvalue weighted by Gasteiger charge is -2.36. The third-order valence-corrected chi connectivity index (χ3v) is 5.47. The van der Waals surface area contributed by atoms with Gasteiger partial charge in [0.15, 0.2) is 0 Å². The third-order valence-electron chi connectivity index (χ3n) is 4.36. The van der Waals surface area contributed by atoms with Crippen molar-refractivity contribution in [3.05, 3.63) is 57.2 Å². The molecule has 1 atom stereocenters. The van der Waals surface area contributed by atoms with E-state index in [1.807, 2.05) is 30.3 Å². The number of benzene rings is 2. The number of ether oxygens (including phenoxy) is 1. The van der Waals surface area contributed by atoms with Gasteiger partial charge in [0.25, 0.3) is 0 Å². The molecule has 1 aliphatic rings. The number of hydrogen-bond donors (Lipinski definition) is 1. The maximum atomic E-state index is 13.0. The molecule has 2 aromatic rings. The van der Waals surface area contributed by atoms with Gasteiger partial charge in [0.1, 0.15) is 24.3 Å². The molecule has 7 heteroatoms. The standard InChI is InChI=1S/C19H21Br2FN2O2/c20-14-1-6-19(18(21)11-14)26-13-17(25)12-23-7-9-24(10-8-23)16-4-2-15(22)3-5-16/h1-6,11,17,25H,7-10,12-13H2. The van der Waals surface area contributed by atoms with Crippen LogP contribution in [-0.4, -0.2) is 55.4 Å². The fourth-order valence-corrected chi connectivity index (χ4v) is 4.13. The van der Waals surface area contributed by atoms with Crippen molar-refractivity contribution in [3.8, 4) is 5.75 Å². The molecule has 1 saturated heterocycles. The number of rotatable bonds is 6. The van der Waals surface area contributed by atoms with E-state index in [-0.39, 0.29) is 12.4 Å². The van der Waals surface area contributed by atoms with Crippen LogP contribution >= 0.6 is 31.9 Å². The third kappa shape index (κ3) is 5.42. The Hall–Kier alpha value is -1.15. The molecule has 3 rings (SSSR count). The van der Waals surface area contributed by atoms with E-state index in [9.17, 15) is 9.50 Å². The molecule has 0 aromatic heterocycles. The number of piperazine rings is 1. The molecule has 0 saturated carbocycles. The normalized spacial score (nSPS) is 16.5. The summed E-state index contributed by atoms with van der Waals surface area (Å²) in [6.45, 7) is 4.26. The highest BCUT2D eigenvalue weighted by Crippen LogP contribution is 2.28. The lowest BCUT2D eigenvalue weighted by atomic mass is 10.2. The van der Waals surface area contributed by atoms with Gasteiger partial charge in [0, 0.05) is 42.9 Å². The molecule has 1 fully saturated rings. The predicted octanol–water partition coefficient (Wildman–Crippen LogP) is 3.91. The van der Waals surface area contributed by atoms with Crippen LogP contribution in [0.3, 0.4) is 0 Å². The average Bonchev–Trinajstić information content (AvgIpc) is 2.62. The molecule has 140 valence electrons. The average molecular weight is 488 g/mol. The van der Waals surface area contributed by atoms with Crippen LogP contribution in [0.2, 0.25) is 0 Å². The zero-order chi connectivity index (χ0) is 18.5. The maximum absolute atomic E-state index is 13.0. The van der Waals surface area contributed by atoms with Crippen LogP contribution in [0, 0.1) is 5.82 Å². The zero-order valence-electron chi connectivity index (χ0n) is 14.2. The summed E-state index contributed by atoms with van der Waals surface area (Å²) in [4.78, 5) is 4.46. The lowest BCUT2D eigenvalue weighted by Crippen LogP contribution is -2.49. The van der Waals surface area contributed by atoms with Gasteiger partial charge in [-0.15, -0.1) is 0 Å². The topological polar surface area (TPSA) is 35.9 Å². The fourth-order valence-electron chi connectivity index (χ4n) is 2.97. The van der Waals surface area contributed by atoms with Crippen molar-refractivity contribution in [3.63, 3.8) is 0 Å². The molecule has 26 heavy (non-hydrogen) atoms. The minimum Gasteiger partial charge on any atom is -0.490 e. The molecule has 1 heterocycles. The summed E-state index contributed by atoms with van der Waals surface area (Å²) in [6, 6.07) is 12.3. The fraction of sp³-hybridized carbons (Fsp3) is 0.368. The van der Waals surface area contributed by atoms with Crippen molar-refractivity contribution >= 4 is 37.5 Å². The molecule has 2 aromatic carbocycles. The Morgan fingerprint density at radius 2 is 1.73 bits per heavy atom. The van der Waals surface area contributed by atoms with Gasteiger partial charge in [-0.2, -0.15) is 0 Å². The van der Waals surface area contributed by atoms with Crippen molar-refractivity contribution in [2.75, 3.05) is 44.2 Å². The van der Waals surface area contributed by atoms with Crippen molar-refractivity contribution in [1.82, 2.24) is 4.90 Å². The van der Waals surface area contributed by atoms with E-state index in [0.717, 1.165) is 40.8 Å². The first-order valence-electron chi connectivity index (χ1n) is 8.50. The molecule has 4 nitrogen and oxygen atoms in total. The monoisotopic (exact) mass is 486 g/mol. The molecular weight excluding hydrogens is 467 g/mol. The highest BCUT2D eigenvalue weighted by atomic mass is 79.9. The lowest BCUT2D eigenvalue weighted by molar-refractivity contribution is 0.0660. The smallest absolute Gasteiger partial charge is 0.133 e. The summed E-state index contributed by atoms with van der Waals surface area (Å²) >= 11 is 6.86. The van der Waals surface area contributed by atoms with Gasteiger partial charge >= 0.3 is 0 Å². The van der Waals surface area contributed by atoms with Crippen LogP contribution in [0.4, 0.5) is 10.1 Å². The number of β-amino-alcohol motifs (C(OH)–C–C–N with tert-alkyl or cyclic N) is 1. The van der Waals surface area contributed by atoms with E-state index >= 15 is 0 Å². The van der Waals surface area contributed by atoms with Crippen LogP contribution in [0.25, 0.3) is 0 Å². The van der Waals surface area contributed by atoms with Crippen molar-refractivity contribution in [2.24, 2.45) is 0 Å². The number of halogens is 3. The van der Waals surface area contributed by atoms with Crippen molar-refractivity contribution in [1.29, 1.82) is 0 Å². The second kappa shape index (κ2) is 9.17. The highest BCUT2D eigenvalue weighted by molar-refractivity contribution is 9.11. The van der Waals surface area contributed by atoms with Gasteiger partial charge in [-0.1, -0.05) is 15.9 Å². The Balaban J connectivity index is 1.43. The van der Waals surface area contributed by atoms with Crippen LogP contribution in [0.5, 0.6) is 5.75 Å². The van der Waals surface area contributed by atoms with Crippen LogP contribution in [0.1, 0.15) is 0 Å². The highest BCUT2D eigenvalue weighted by Gasteiger charge is 2.20. The van der Waals surface area contributed by atoms with Crippen molar-refractivity contribution in [2.45, 2.75) is 6.10 Å². The predicted molar refractivity (Wildman–Crippen MR) is 108 cm³/mol. The summed E-state index contributed by atoms with van der Waals surface area (Å²) < 4.78 is 20.6. The van der Waals surface area contributed by atoms with Crippen molar-refractivity contribution < 1.29 is 14.2 Å². The number of aliphatic hydroxyl groups excluding tert-OH is 1. The largest absolute Gasteiger partial charge is 0.490 e. The summed E-state index contributed by atoms with van der Waals surface area (Å²) in [5.41, 5.74) is 1.04. The Kier molecular flexibility index (Phi) is 6.92. The molecule has 0 aliphatic carbocycles. The molecule has 1 aliphatic heterocycles. The molecule has 0 spiro atoms. The van der Waals surface area contributed by atoms with E-state index < -0.39 is 6.10 Å². The molecule has 0 amide bonds. The SMILES string of the molecule is OC(COc1ccc(Br)cc1Br)CN1CCN(c2ccc(F)cc2)CC1. The molecule has 0 radical (unpaired) electrons. The summed E-state index contributed by atoms with van der Waals surface area (Å²) in [5, 5.41) is 10.3. The van der Waals surface area contributed by atoms with E-state index in [1.165, 1.54) is 12.1 Å². The summed E-state index contributed by atoms with van der Waals surface area (Å²) in [7, 11) is 0. The number of anilines is 1. The molecular formula is C19H21Br2FN2O2.